The van der Waals surface area contributed by atoms with Crippen LogP contribution in [0.15, 0.2) is 53.4 Å². The molecule has 0 amide bonds. The highest BCUT2D eigenvalue weighted by Gasteiger charge is 2.45. The van der Waals surface area contributed by atoms with E-state index in [1.807, 2.05) is 0 Å². The van der Waals surface area contributed by atoms with Crippen LogP contribution < -0.4 is 4.31 Å². The van der Waals surface area contributed by atoms with Gasteiger partial charge in [0.05, 0.1) is 34.2 Å². The molecule has 0 saturated carbocycles. The minimum Gasteiger partial charge on any atom is -0.508 e. The Balaban J connectivity index is 2.16. The number of anilines is 1. The lowest BCUT2D eigenvalue weighted by atomic mass is 10.2. The molecule has 0 spiro atoms. The number of phenols is 1. The number of sulfonamides is 1. The van der Waals surface area contributed by atoms with Crippen molar-refractivity contribution in [2.45, 2.75) is 17.0 Å². The van der Waals surface area contributed by atoms with Gasteiger partial charge in [0.2, 0.25) is 0 Å². The number of hydrogen-bond donors (Lipinski definition) is 2. The molecule has 10 heteroatoms. The molecule has 0 unspecified atom stereocenters. The number of halogens is 1. The van der Waals surface area contributed by atoms with Gasteiger partial charge in [-0.1, -0.05) is 6.07 Å². The smallest absolute Gasteiger partial charge is 0.264 e. The van der Waals surface area contributed by atoms with Crippen molar-refractivity contribution in [3.05, 3.63) is 54.3 Å². The van der Waals surface area contributed by atoms with Gasteiger partial charge in [-0.2, -0.15) is 0 Å². The van der Waals surface area contributed by atoms with Crippen molar-refractivity contribution < 1.29 is 31.4 Å². The van der Waals surface area contributed by atoms with Crippen molar-refractivity contribution in [1.29, 1.82) is 0 Å². The average Bonchev–Trinajstić information content (AvgIpc) is 2.80. The first-order chi connectivity index (χ1) is 12.1. The first kappa shape index (κ1) is 18.6. The van der Waals surface area contributed by atoms with Crippen LogP contribution in [0.3, 0.4) is 0 Å². The summed E-state index contributed by atoms with van der Waals surface area (Å²) in [6.07, 6.45) is -1.43. The van der Waals surface area contributed by atoms with E-state index in [-0.39, 0.29) is 16.3 Å². The van der Waals surface area contributed by atoms with Gasteiger partial charge in [-0.15, -0.1) is 0 Å². The zero-order valence-corrected chi connectivity index (χ0v) is 15.0. The van der Waals surface area contributed by atoms with Gasteiger partial charge in [-0.25, -0.2) is 21.2 Å². The molecule has 140 valence electrons. The van der Waals surface area contributed by atoms with E-state index >= 15 is 0 Å². The van der Waals surface area contributed by atoms with Crippen molar-refractivity contribution in [3.63, 3.8) is 0 Å². The highest BCUT2D eigenvalue weighted by Crippen LogP contribution is 2.32. The molecule has 1 aliphatic rings. The van der Waals surface area contributed by atoms with Gasteiger partial charge in [-0.3, -0.25) is 4.31 Å². The minimum absolute atomic E-state index is 0.00419. The van der Waals surface area contributed by atoms with E-state index in [0.717, 1.165) is 34.6 Å². The first-order valence-electron chi connectivity index (χ1n) is 7.58. The minimum atomic E-state index is -4.32. The normalized spacial score (nSPS) is 22.2. The van der Waals surface area contributed by atoms with Gasteiger partial charge < -0.3 is 10.2 Å². The molecule has 26 heavy (non-hydrogen) atoms. The fraction of sp³-hybridized carbons (Fsp3) is 0.250. The van der Waals surface area contributed by atoms with E-state index in [0.29, 0.717) is 0 Å². The summed E-state index contributed by atoms with van der Waals surface area (Å²) in [5.41, 5.74) is -0.00419. The molecular formula is C16H16FNO6S2. The summed E-state index contributed by atoms with van der Waals surface area (Å²) in [6, 6.07) is 8.02. The summed E-state index contributed by atoms with van der Waals surface area (Å²) < 4.78 is 63.9. The van der Waals surface area contributed by atoms with Gasteiger partial charge >= 0.3 is 0 Å². The van der Waals surface area contributed by atoms with Crippen LogP contribution in [0.25, 0.3) is 0 Å². The second kappa shape index (κ2) is 6.53. The van der Waals surface area contributed by atoms with Crippen LogP contribution in [-0.4, -0.2) is 50.7 Å². The lowest BCUT2D eigenvalue weighted by molar-refractivity contribution is 0.184. The number of sulfone groups is 1. The highest BCUT2D eigenvalue weighted by atomic mass is 32.2. The number of benzene rings is 2. The zero-order chi connectivity index (χ0) is 19.1. The number of aromatic hydroxyl groups is 1. The van der Waals surface area contributed by atoms with Crippen LogP contribution in [0.2, 0.25) is 0 Å². The topological polar surface area (TPSA) is 112 Å². The van der Waals surface area contributed by atoms with Crippen molar-refractivity contribution in [1.82, 2.24) is 0 Å². The number of phenolic OH excluding ortho intramolecular Hbond substituents is 1. The summed E-state index contributed by atoms with van der Waals surface area (Å²) in [7, 11) is -7.96. The van der Waals surface area contributed by atoms with Crippen LogP contribution in [-0.2, 0) is 19.9 Å². The number of aliphatic hydroxyl groups excluding tert-OH is 1. The summed E-state index contributed by atoms with van der Waals surface area (Å²) in [5, 5.41) is 19.9. The fourth-order valence-corrected chi connectivity index (χ4v) is 6.43. The lowest BCUT2D eigenvalue weighted by Gasteiger charge is -2.31. The molecule has 1 aliphatic heterocycles. The highest BCUT2D eigenvalue weighted by molar-refractivity contribution is 7.93. The molecular weight excluding hydrogens is 385 g/mol. The number of nitrogens with zero attached hydrogens (tertiary/aromatic N) is 1. The van der Waals surface area contributed by atoms with E-state index in [2.05, 4.69) is 0 Å². The van der Waals surface area contributed by atoms with Gasteiger partial charge in [0, 0.05) is 6.07 Å². The van der Waals surface area contributed by atoms with Crippen molar-refractivity contribution in [2.75, 3.05) is 15.8 Å². The average molecular weight is 401 g/mol. The molecule has 0 aliphatic carbocycles. The first-order valence-corrected chi connectivity index (χ1v) is 10.8. The maximum absolute atomic E-state index is 13.2. The maximum atomic E-state index is 13.2. The molecule has 2 atom stereocenters. The zero-order valence-electron chi connectivity index (χ0n) is 13.4. The monoisotopic (exact) mass is 401 g/mol. The Morgan fingerprint density at radius 2 is 1.73 bits per heavy atom. The van der Waals surface area contributed by atoms with Gasteiger partial charge in [0.25, 0.3) is 10.0 Å². The Labute approximate surface area is 150 Å². The third-order valence-corrected chi connectivity index (χ3v) is 7.62. The van der Waals surface area contributed by atoms with Crippen LogP contribution >= 0.6 is 0 Å². The summed E-state index contributed by atoms with van der Waals surface area (Å²) >= 11 is 0. The van der Waals surface area contributed by atoms with Crippen LogP contribution in [0.5, 0.6) is 5.75 Å². The number of rotatable bonds is 4. The van der Waals surface area contributed by atoms with Gasteiger partial charge in [0.15, 0.2) is 9.84 Å². The molecule has 3 rings (SSSR count). The molecule has 0 radical (unpaired) electrons. The quantitative estimate of drug-likeness (QED) is 0.787. The third kappa shape index (κ3) is 3.53. The predicted octanol–water partition coefficient (Wildman–Crippen LogP) is 0.884. The molecule has 0 aromatic heterocycles. The standard InChI is InChI=1S/C16H16FNO6S2/c17-11-4-6-14(7-5-11)26(23,24)18(12-2-1-3-13(19)8-12)15-9-25(21,22)10-16(15)20/h1-8,15-16,19-20H,9-10H2/t15-,16-/m1/s1. The van der Waals surface area contributed by atoms with Gasteiger partial charge in [-0.05, 0) is 36.4 Å². The molecule has 2 aromatic carbocycles. The molecule has 7 nitrogen and oxygen atoms in total. The molecule has 2 aromatic rings. The molecule has 1 fully saturated rings. The Bertz CT molecular complexity index is 1020. The Morgan fingerprint density at radius 3 is 2.27 bits per heavy atom. The molecule has 2 N–H and O–H groups in total. The van der Waals surface area contributed by atoms with E-state index in [4.69, 9.17) is 0 Å². The van der Waals surface area contributed by atoms with Crippen molar-refractivity contribution >= 4 is 25.5 Å². The van der Waals surface area contributed by atoms with E-state index < -0.39 is 49.3 Å². The fourth-order valence-electron chi connectivity index (χ4n) is 2.89. The SMILES string of the molecule is O=S1(=O)C[C@@H](O)[C@H](N(c2cccc(O)c2)S(=O)(=O)c2ccc(F)cc2)C1. The van der Waals surface area contributed by atoms with Crippen molar-refractivity contribution in [3.8, 4) is 5.75 Å². The third-order valence-electron chi connectivity index (χ3n) is 4.05. The van der Waals surface area contributed by atoms with E-state index in [1.54, 1.807) is 0 Å². The van der Waals surface area contributed by atoms with Gasteiger partial charge in [0.1, 0.15) is 11.6 Å². The maximum Gasteiger partial charge on any atom is 0.264 e. The number of aliphatic hydroxyl groups is 1. The summed E-state index contributed by atoms with van der Waals surface area (Å²) in [5.74, 6) is -1.98. The second-order valence-electron chi connectivity index (χ2n) is 5.99. The Morgan fingerprint density at radius 1 is 1.08 bits per heavy atom. The molecule has 1 heterocycles. The van der Waals surface area contributed by atoms with E-state index in [9.17, 15) is 31.4 Å². The summed E-state index contributed by atoms with van der Waals surface area (Å²) in [6.45, 7) is 0. The van der Waals surface area contributed by atoms with Crippen LogP contribution in [0, 0.1) is 5.82 Å². The molecule has 1 saturated heterocycles. The van der Waals surface area contributed by atoms with Crippen LogP contribution in [0.1, 0.15) is 0 Å². The van der Waals surface area contributed by atoms with Crippen LogP contribution in [0.4, 0.5) is 10.1 Å². The Kier molecular flexibility index (Phi) is 4.67. The summed E-state index contributed by atoms with van der Waals surface area (Å²) in [4.78, 5) is -0.265. The Hall–Kier alpha value is -2.17. The predicted molar refractivity (Wildman–Crippen MR) is 92.6 cm³/mol. The number of hydrogen-bond acceptors (Lipinski definition) is 6. The van der Waals surface area contributed by atoms with Crippen molar-refractivity contribution in [2.24, 2.45) is 0 Å². The molecule has 0 bridgehead atoms. The lowest BCUT2D eigenvalue weighted by Crippen LogP contribution is -2.47. The van der Waals surface area contributed by atoms with E-state index in [1.165, 1.54) is 18.2 Å². The largest absolute Gasteiger partial charge is 0.508 e. The second-order valence-corrected chi connectivity index (χ2v) is 9.95.